The molecule has 0 bridgehead atoms. The summed E-state index contributed by atoms with van der Waals surface area (Å²) in [4.78, 5) is 27.5. The monoisotopic (exact) mass is 291 g/mol. The fraction of sp³-hybridized carbons (Fsp3) is 0.357. The molecule has 2 N–H and O–H groups in total. The molecule has 0 fully saturated rings. The van der Waals surface area contributed by atoms with E-state index in [0.717, 1.165) is 6.42 Å². The van der Waals surface area contributed by atoms with Crippen molar-refractivity contribution < 1.29 is 4.79 Å². The van der Waals surface area contributed by atoms with E-state index in [0.29, 0.717) is 17.4 Å². The first kappa shape index (κ1) is 14.5. The molecule has 2 aromatic rings. The van der Waals surface area contributed by atoms with E-state index >= 15 is 0 Å². The molecule has 0 aliphatic rings. The van der Waals surface area contributed by atoms with Crippen LogP contribution in [0.25, 0.3) is 10.9 Å². The number of carbonyl (C=O) groups excluding carboxylic acids is 1. The van der Waals surface area contributed by atoms with Gasteiger partial charge in [0, 0.05) is 6.54 Å². The number of nitrogens with zero attached hydrogens (tertiary/aromatic N) is 1. The summed E-state index contributed by atoms with van der Waals surface area (Å²) in [7, 11) is 0. The quantitative estimate of drug-likeness (QED) is 0.848. The van der Waals surface area contributed by atoms with Crippen LogP contribution < -0.4 is 10.9 Å². The highest BCUT2D eigenvalue weighted by atomic mass is 32.1. The van der Waals surface area contributed by atoms with Crippen LogP contribution in [0.15, 0.2) is 29.1 Å². The second kappa shape index (κ2) is 6.00. The summed E-state index contributed by atoms with van der Waals surface area (Å²) in [5.41, 5.74) is 0.434. The highest BCUT2D eigenvalue weighted by molar-refractivity contribution is 7.71. The fourth-order valence-corrected chi connectivity index (χ4v) is 2.39. The van der Waals surface area contributed by atoms with Crippen molar-refractivity contribution >= 4 is 29.0 Å². The number of rotatable bonds is 4. The minimum atomic E-state index is -0.637. The zero-order valence-electron chi connectivity index (χ0n) is 11.5. The normalized spacial score (nSPS) is 12.3. The van der Waals surface area contributed by atoms with Crippen LogP contribution in [0.4, 0.5) is 0 Å². The van der Waals surface area contributed by atoms with Crippen LogP contribution in [0.2, 0.25) is 0 Å². The van der Waals surface area contributed by atoms with Gasteiger partial charge in [-0.05, 0) is 37.7 Å². The molecule has 0 radical (unpaired) electrons. The van der Waals surface area contributed by atoms with Crippen LogP contribution in [0.1, 0.15) is 26.3 Å². The molecule has 1 aromatic heterocycles. The van der Waals surface area contributed by atoms with E-state index in [2.05, 4.69) is 10.3 Å². The van der Waals surface area contributed by atoms with Gasteiger partial charge in [-0.3, -0.25) is 14.2 Å². The van der Waals surface area contributed by atoms with Crippen molar-refractivity contribution in [3.05, 3.63) is 39.4 Å². The van der Waals surface area contributed by atoms with Crippen LogP contribution in [-0.4, -0.2) is 22.0 Å². The average molecular weight is 291 g/mol. The summed E-state index contributed by atoms with van der Waals surface area (Å²) >= 11 is 5.20. The Balaban J connectivity index is 2.52. The zero-order chi connectivity index (χ0) is 14.7. The molecule has 1 heterocycles. The predicted molar refractivity (Wildman–Crippen MR) is 81.4 cm³/mol. The highest BCUT2D eigenvalue weighted by Crippen LogP contribution is 2.10. The van der Waals surface area contributed by atoms with Gasteiger partial charge >= 0.3 is 0 Å². The van der Waals surface area contributed by atoms with Crippen LogP contribution in [-0.2, 0) is 4.79 Å². The van der Waals surface area contributed by atoms with E-state index in [4.69, 9.17) is 12.2 Å². The molecule has 0 saturated heterocycles. The lowest BCUT2D eigenvalue weighted by Crippen LogP contribution is -2.36. The number of carbonyl (C=O) groups is 1. The largest absolute Gasteiger partial charge is 0.354 e. The number of H-pyrrole nitrogens is 1. The topological polar surface area (TPSA) is 66.9 Å². The lowest BCUT2D eigenvalue weighted by Gasteiger charge is -2.15. The Morgan fingerprint density at radius 1 is 1.45 bits per heavy atom. The van der Waals surface area contributed by atoms with Gasteiger partial charge in [0.1, 0.15) is 6.04 Å². The third-order valence-corrected chi connectivity index (χ3v) is 3.45. The fourth-order valence-electron chi connectivity index (χ4n) is 2.04. The molecule has 6 heteroatoms. The van der Waals surface area contributed by atoms with Gasteiger partial charge in [-0.2, -0.15) is 0 Å². The maximum atomic E-state index is 12.5. The molecule has 1 aromatic carbocycles. The Morgan fingerprint density at radius 3 is 2.85 bits per heavy atom. The van der Waals surface area contributed by atoms with Crippen LogP contribution >= 0.6 is 12.2 Å². The third-order valence-electron chi connectivity index (χ3n) is 3.15. The minimum Gasteiger partial charge on any atom is -0.354 e. The third kappa shape index (κ3) is 2.65. The number of hydrogen-bond donors (Lipinski definition) is 2. The maximum absolute atomic E-state index is 12.5. The van der Waals surface area contributed by atoms with Crippen molar-refractivity contribution in [1.82, 2.24) is 14.9 Å². The first-order valence-electron chi connectivity index (χ1n) is 6.57. The van der Waals surface area contributed by atoms with Crippen LogP contribution in [0, 0.1) is 4.77 Å². The van der Waals surface area contributed by atoms with Gasteiger partial charge in [-0.15, -0.1) is 0 Å². The number of benzene rings is 1. The van der Waals surface area contributed by atoms with Gasteiger partial charge in [-0.1, -0.05) is 19.1 Å². The van der Waals surface area contributed by atoms with Crippen molar-refractivity contribution in [2.45, 2.75) is 26.3 Å². The Morgan fingerprint density at radius 2 is 2.15 bits per heavy atom. The number of amides is 1. The van der Waals surface area contributed by atoms with Crippen molar-refractivity contribution in [3.63, 3.8) is 0 Å². The van der Waals surface area contributed by atoms with Crippen molar-refractivity contribution in [1.29, 1.82) is 0 Å². The first-order valence-corrected chi connectivity index (χ1v) is 6.98. The lowest BCUT2D eigenvalue weighted by atomic mass is 10.2. The maximum Gasteiger partial charge on any atom is 0.262 e. The molecule has 2 rings (SSSR count). The summed E-state index contributed by atoms with van der Waals surface area (Å²) in [6.07, 6.45) is 0.845. The molecule has 1 amide bonds. The van der Waals surface area contributed by atoms with E-state index in [1.54, 1.807) is 25.1 Å². The molecule has 0 saturated carbocycles. The summed E-state index contributed by atoms with van der Waals surface area (Å²) < 4.78 is 1.58. The second-order valence-corrected chi connectivity index (χ2v) is 5.00. The van der Waals surface area contributed by atoms with E-state index in [9.17, 15) is 9.59 Å². The molecule has 0 aliphatic carbocycles. The van der Waals surface area contributed by atoms with Crippen molar-refractivity contribution in [2.75, 3.05) is 6.54 Å². The number of aromatic nitrogens is 2. The molecule has 0 aliphatic heterocycles. The molecular weight excluding hydrogens is 274 g/mol. The van der Waals surface area contributed by atoms with Crippen LogP contribution in [0.3, 0.4) is 0 Å². The summed E-state index contributed by atoms with van der Waals surface area (Å²) in [6.45, 7) is 4.23. The van der Waals surface area contributed by atoms with Gasteiger partial charge in [0.2, 0.25) is 5.91 Å². The molecule has 1 atom stereocenters. The molecular formula is C14H17N3O2S. The van der Waals surface area contributed by atoms with E-state index < -0.39 is 6.04 Å². The predicted octanol–water partition coefficient (Wildman–Crippen LogP) is 2.15. The van der Waals surface area contributed by atoms with Gasteiger partial charge in [0.25, 0.3) is 5.56 Å². The van der Waals surface area contributed by atoms with E-state index in [-0.39, 0.29) is 16.2 Å². The number of para-hydroxylation sites is 1. The summed E-state index contributed by atoms with van der Waals surface area (Å²) in [5.74, 6) is -0.205. The Labute approximate surface area is 121 Å². The van der Waals surface area contributed by atoms with Gasteiger partial charge in [-0.25, -0.2) is 0 Å². The SMILES string of the molecule is CCCNC(=O)C(C)n1c(=S)[nH]c2ccccc2c1=O. The van der Waals surface area contributed by atoms with Gasteiger partial charge < -0.3 is 10.3 Å². The number of hydrogen-bond acceptors (Lipinski definition) is 3. The molecule has 106 valence electrons. The molecule has 20 heavy (non-hydrogen) atoms. The van der Waals surface area contributed by atoms with Crippen molar-refractivity contribution in [3.8, 4) is 0 Å². The Hall–Kier alpha value is -1.95. The van der Waals surface area contributed by atoms with Gasteiger partial charge in [0.15, 0.2) is 4.77 Å². The Kier molecular flexibility index (Phi) is 4.34. The molecule has 1 unspecified atom stereocenters. The van der Waals surface area contributed by atoms with Crippen molar-refractivity contribution in [2.24, 2.45) is 0 Å². The highest BCUT2D eigenvalue weighted by Gasteiger charge is 2.18. The standard InChI is InChI=1S/C14H17N3O2S/c1-3-8-15-12(18)9(2)17-13(19)10-6-4-5-7-11(10)16-14(17)20/h4-7,9H,3,8H2,1-2H3,(H,15,18)(H,16,20). The van der Waals surface area contributed by atoms with Crippen LogP contribution in [0.5, 0.6) is 0 Å². The first-order chi connectivity index (χ1) is 9.56. The second-order valence-electron chi connectivity index (χ2n) is 4.62. The Bertz CT molecular complexity index is 748. The molecule has 5 nitrogen and oxygen atoms in total. The van der Waals surface area contributed by atoms with E-state index in [1.165, 1.54) is 4.57 Å². The minimum absolute atomic E-state index is 0.205. The molecule has 0 spiro atoms. The van der Waals surface area contributed by atoms with Gasteiger partial charge in [0.05, 0.1) is 10.9 Å². The average Bonchev–Trinajstić information content (AvgIpc) is 2.44. The zero-order valence-corrected chi connectivity index (χ0v) is 12.3. The smallest absolute Gasteiger partial charge is 0.262 e. The van der Waals surface area contributed by atoms with E-state index in [1.807, 2.05) is 13.0 Å². The summed E-state index contributed by atoms with van der Waals surface area (Å²) in [6, 6.07) is 6.48. The number of aromatic amines is 1. The number of fused-ring (bicyclic) bond motifs is 1. The summed E-state index contributed by atoms with van der Waals surface area (Å²) in [5, 5.41) is 3.30. The number of nitrogens with one attached hydrogen (secondary N) is 2. The lowest BCUT2D eigenvalue weighted by molar-refractivity contribution is -0.123.